The maximum Gasteiger partial charge on any atom is 0.175 e. The predicted octanol–water partition coefficient (Wildman–Crippen LogP) is 2.74. The number of para-hydroxylation sites is 2. The van der Waals surface area contributed by atoms with Crippen LogP contribution in [0.25, 0.3) is 16.9 Å². The minimum absolute atomic E-state index is 0.805. The molecule has 3 rings (SSSR count). The summed E-state index contributed by atoms with van der Waals surface area (Å²) >= 11 is 0. The van der Waals surface area contributed by atoms with Crippen molar-refractivity contribution in [3.63, 3.8) is 0 Å². The Hall–Kier alpha value is -2.23. The summed E-state index contributed by atoms with van der Waals surface area (Å²) in [5.74, 6) is 0.805. The van der Waals surface area contributed by atoms with Gasteiger partial charge in [-0.05, 0) is 39.0 Å². The van der Waals surface area contributed by atoms with Gasteiger partial charge in [0.05, 0.1) is 22.4 Å². The van der Waals surface area contributed by atoms with E-state index in [-0.39, 0.29) is 0 Å². The van der Waals surface area contributed by atoms with E-state index in [1.54, 1.807) is 0 Å². The Bertz CT molecular complexity index is 728. The maximum absolute atomic E-state index is 4.66. The molecule has 0 N–H and O–H groups in total. The molecule has 0 fully saturated rings. The fourth-order valence-electron chi connectivity index (χ4n) is 2.12. The van der Waals surface area contributed by atoms with E-state index < -0.39 is 0 Å². The third kappa shape index (κ3) is 1.66. The quantitative estimate of drug-likeness (QED) is 0.654. The second-order valence-corrected chi connectivity index (χ2v) is 4.46. The molecule has 4 heteroatoms. The predicted molar refractivity (Wildman–Crippen MR) is 70.9 cm³/mol. The molecular formula is C14H14N4. The zero-order chi connectivity index (χ0) is 12.7. The molecule has 0 aliphatic carbocycles. The Kier molecular flexibility index (Phi) is 2.37. The smallest absolute Gasteiger partial charge is 0.175 e. The number of nitrogens with zero attached hydrogens (tertiary/aromatic N) is 4. The van der Waals surface area contributed by atoms with Gasteiger partial charge in [-0.3, -0.25) is 0 Å². The summed E-state index contributed by atoms with van der Waals surface area (Å²) in [5, 5.41) is 4.46. The van der Waals surface area contributed by atoms with Crippen molar-refractivity contribution >= 4 is 11.0 Å². The van der Waals surface area contributed by atoms with E-state index >= 15 is 0 Å². The zero-order valence-corrected chi connectivity index (χ0v) is 10.7. The molecule has 0 aliphatic heterocycles. The number of hydrogen-bond acceptors (Lipinski definition) is 3. The van der Waals surface area contributed by atoms with Crippen LogP contribution < -0.4 is 0 Å². The number of aryl methyl sites for hydroxylation is 3. The summed E-state index contributed by atoms with van der Waals surface area (Å²) in [6.45, 7) is 5.97. The van der Waals surface area contributed by atoms with E-state index in [1.807, 2.05) is 55.8 Å². The van der Waals surface area contributed by atoms with Gasteiger partial charge in [0.2, 0.25) is 0 Å². The lowest BCUT2D eigenvalue weighted by molar-refractivity contribution is 0.796. The Morgan fingerprint density at radius 3 is 2.22 bits per heavy atom. The first kappa shape index (κ1) is 10.9. The van der Waals surface area contributed by atoms with Crippen LogP contribution in [0.15, 0.2) is 30.3 Å². The molecule has 0 radical (unpaired) electrons. The highest BCUT2D eigenvalue weighted by atomic mass is 15.3. The van der Waals surface area contributed by atoms with Gasteiger partial charge in [-0.1, -0.05) is 12.1 Å². The van der Waals surface area contributed by atoms with Gasteiger partial charge < -0.3 is 0 Å². The molecule has 0 unspecified atom stereocenters. The number of hydrogen-bond donors (Lipinski definition) is 0. The van der Waals surface area contributed by atoms with E-state index in [0.717, 1.165) is 33.9 Å². The molecule has 4 nitrogen and oxygen atoms in total. The van der Waals surface area contributed by atoms with Gasteiger partial charge in [-0.15, -0.1) is 0 Å². The normalized spacial score (nSPS) is 11.1. The fourth-order valence-corrected chi connectivity index (χ4v) is 2.12. The zero-order valence-electron chi connectivity index (χ0n) is 10.7. The van der Waals surface area contributed by atoms with E-state index in [2.05, 4.69) is 15.1 Å². The maximum atomic E-state index is 4.66. The molecule has 90 valence electrons. The molecule has 2 heterocycles. The molecule has 0 aliphatic rings. The highest BCUT2D eigenvalue weighted by molar-refractivity contribution is 5.75. The van der Waals surface area contributed by atoms with Crippen LogP contribution in [0, 0.1) is 20.8 Å². The van der Waals surface area contributed by atoms with Crippen molar-refractivity contribution in [2.75, 3.05) is 0 Å². The fraction of sp³-hybridized carbons (Fsp3) is 0.214. The first-order valence-corrected chi connectivity index (χ1v) is 5.92. The van der Waals surface area contributed by atoms with E-state index in [0.29, 0.717) is 0 Å². The van der Waals surface area contributed by atoms with Gasteiger partial charge in [0.1, 0.15) is 0 Å². The SMILES string of the molecule is Cc1cc(C)n(-c2nc3ccccc3nc2C)n1. The van der Waals surface area contributed by atoms with Crippen molar-refractivity contribution in [2.45, 2.75) is 20.8 Å². The van der Waals surface area contributed by atoms with Crippen LogP contribution >= 0.6 is 0 Å². The largest absolute Gasteiger partial charge is 0.248 e. The van der Waals surface area contributed by atoms with Gasteiger partial charge in [0, 0.05) is 5.69 Å². The number of fused-ring (bicyclic) bond motifs is 1. The topological polar surface area (TPSA) is 43.6 Å². The number of benzene rings is 1. The van der Waals surface area contributed by atoms with Crippen molar-refractivity contribution in [3.05, 3.63) is 47.4 Å². The van der Waals surface area contributed by atoms with Crippen molar-refractivity contribution < 1.29 is 0 Å². The lowest BCUT2D eigenvalue weighted by Gasteiger charge is -2.07. The van der Waals surface area contributed by atoms with Gasteiger partial charge in [-0.25, -0.2) is 14.6 Å². The first-order valence-electron chi connectivity index (χ1n) is 5.92. The summed E-state index contributed by atoms with van der Waals surface area (Å²) in [4.78, 5) is 9.24. The van der Waals surface area contributed by atoms with E-state index in [1.165, 1.54) is 0 Å². The Morgan fingerprint density at radius 2 is 1.61 bits per heavy atom. The second kappa shape index (κ2) is 3.91. The third-order valence-corrected chi connectivity index (χ3v) is 2.93. The van der Waals surface area contributed by atoms with Gasteiger partial charge >= 0.3 is 0 Å². The standard InChI is InChI=1S/C14H14N4/c1-9-8-10(2)18(17-9)14-11(3)15-12-6-4-5-7-13(12)16-14/h4-8H,1-3H3. The highest BCUT2D eigenvalue weighted by Gasteiger charge is 2.10. The summed E-state index contributed by atoms with van der Waals surface area (Å²) in [7, 11) is 0. The molecule has 2 aromatic heterocycles. The minimum Gasteiger partial charge on any atom is -0.248 e. The Balaban J connectivity index is 2.29. The molecular weight excluding hydrogens is 224 g/mol. The van der Waals surface area contributed by atoms with Crippen LogP contribution in [-0.4, -0.2) is 19.7 Å². The summed E-state index contributed by atoms with van der Waals surface area (Å²) in [6, 6.07) is 9.92. The van der Waals surface area contributed by atoms with Crippen molar-refractivity contribution in [1.82, 2.24) is 19.7 Å². The summed E-state index contributed by atoms with van der Waals surface area (Å²) in [5.41, 5.74) is 4.76. The monoisotopic (exact) mass is 238 g/mol. The molecule has 18 heavy (non-hydrogen) atoms. The van der Waals surface area contributed by atoms with Gasteiger partial charge in [0.25, 0.3) is 0 Å². The first-order chi connectivity index (χ1) is 8.65. The lowest BCUT2D eigenvalue weighted by Crippen LogP contribution is -2.06. The number of aromatic nitrogens is 4. The second-order valence-electron chi connectivity index (χ2n) is 4.46. The highest BCUT2D eigenvalue weighted by Crippen LogP contribution is 2.17. The van der Waals surface area contributed by atoms with Crippen LogP contribution in [0.2, 0.25) is 0 Å². The minimum atomic E-state index is 0.805. The molecule has 0 bridgehead atoms. The van der Waals surface area contributed by atoms with Crippen LogP contribution in [0.4, 0.5) is 0 Å². The van der Waals surface area contributed by atoms with Crippen molar-refractivity contribution in [3.8, 4) is 5.82 Å². The Labute approximate surface area is 105 Å². The molecule has 0 atom stereocenters. The molecule has 3 aromatic rings. The Morgan fingerprint density at radius 1 is 0.944 bits per heavy atom. The number of rotatable bonds is 1. The molecule has 0 saturated heterocycles. The molecule has 0 amide bonds. The van der Waals surface area contributed by atoms with Crippen LogP contribution in [0.5, 0.6) is 0 Å². The van der Waals surface area contributed by atoms with Crippen LogP contribution in [0.1, 0.15) is 17.1 Å². The average Bonchev–Trinajstić information content (AvgIpc) is 2.67. The third-order valence-electron chi connectivity index (χ3n) is 2.93. The summed E-state index contributed by atoms with van der Waals surface area (Å²) < 4.78 is 1.85. The molecule has 0 spiro atoms. The van der Waals surface area contributed by atoms with Crippen LogP contribution in [-0.2, 0) is 0 Å². The molecule has 1 aromatic carbocycles. The summed E-state index contributed by atoms with van der Waals surface area (Å²) in [6.07, 6.45) is 0. The van der Waals surface area contributed by atoms with E-state index in [4.69, 9.17) is 0 Å². The van der Waals surface area contributed by atoms with Crippen LogP contribution in [0.3, 0.4) is 0 Å². The average molecular weight is 238 g/mol. The van der Waals surface area contributed by atoms with Crippen molar-refractivity contribution in [1.29, 1.82) is 0 Å². The lowest BCUT2D eigenvalue weighted by atomic mass is 10.3. The molecule has 0 saturated carbocycles. The van der Waals surface area contributed by atoms with Crippen molar-refractivity contribution in [2.24, 2.45) is 0 Å². The van der Waals surface area contributed by atoms with Gasteiger partial charge in [0.15, 0.2) is 5.82 Å². The van der Waals surface area contributed by atoms with E-state index in [9.17, 15) is 0 Å². The van der Waals surface area contributed by atoms with Gasteiger partial charge in [-0.2, -0.15) is 5.10 Å².